The summed E-state index contributed by atoms with van der Waals surface area (Å²) in [7, 11) is -6.40. The second-order valence-electron chi connectivity index (χ2n) is 2.38. The van der Waals surface area contributed by atoms with Crippen molar-refractivity contribution in [2.24, 2.45) is 0 Å². The lowest BCUT2D eigenvalue weighted by atomic mass is 10.2. The van der Waals surface area contributed by atoms with Gasteiger partial charge in [-0.25, -0.2) is 4.31 Å². The van der Waals surface area contributed by atoms with Crippen LogP contribution in [-0.2, 0) is 13.4 Å². The molecule has 0 saturated carbocycles. The minimum Gasteiger partial charge on any atom is -0.373 e. The first-order valence-electron chi connectivity index (χ1n) is 3.94. The highest BCUT2D eigenvalue weighted by atomic mass is 35.5. The molecule has 92 valence electrons. The monoisotopic (exact) mass is 288 g/mol. The van der Waals surface area contributed by atoms with E-state index in [4.69, 9.17) is 26.5 Å². The van der Waals surface area contributed by atoms with Crippen molar-refractivity contribution >= 4 is 28.1 Å². The molecule has 9 heteroatoms. The maximum atomic E-state index is 9.44. The van der Waals surface area contributed by atoms with Crippen LogP contribution >= 0.6 is 28.1 Å². The molecule has 3 atom stereocenters. The molecule has 0 spiro atoms. The summed E-state index contributed by atoms with van der Waals surface area (Å²) < 4.78 is 22.3. The number of hydrogen-bond acceptors (Lipinski definition) is 4. The molecule has 16 heavy (non-hydrogen) atoms. The van der Waals surface area contributed by atoms with Gasteiger partial charge in [0.05, 0.1) is 0 Å². The number of aliphatic hydroxyl groups excluding tert-OH is 1. The van der Waals surface area contributed by atoms with Gasteiger partial charge in [-0.3, -0.25) is 9.13 Å². The zero-order valence-electron chi connectivity index (χ0n) is 7.91. The number of halogens is 1. The van der Waals surface area contributed by atoms with E-state index in [1.807, 2.05) is 18.2 Å². The number of aliphatic hydroxyl groups is 1. The van der Waals surface area contributed by atoms with E-state index in [1.54, 1.807) is 12.1 Å². The average molecular weight is 289 g/mol. The molecular formula is C7H11ClO6P2. The molecule has 3 unspecified atom stereocenters. The Bertz CT molecular complexity index is 332. The minimum absolute atomic E-state index is 0.735. The first kappa shape index (κ1) is 15.8. The fraction of sp³-hybridized carbons (Fsp3) is 0.143. The van der Waals surface area contributed by atoms with Gasteiger partial charge in [0.25, 0.3) is 0 Å². The molecule has 3 N–H and O–H groups in total. The summed E-state index contributed by atoms with van der Waals surface area (Å²) in [6.45, 7) is 0. The van der Waals surface area contributed by atoms with E-state index in [1.165, 1.54) is 0 Å². The predicted molar refractivity (Wildman–Crippen MR) is 60.8 cm³/mol. The van der Waals surface area contributed by atoms with Crippen molar-refractivity contribution < 1.29 is 28.3 Å². The largest absolute Gasteiger partial charge is 0.373 e. The van der Waals surface area contributed by atoms with Gasteiger partial charge in [0.15, 0.2) is 5.56 Å². The zero-order chi connectivity index (χ0) is 12.6. The first-order chi connectivity index (χ1) is 7.43. The minimum atomic E-state index is -3.20. The Balaban J connectivity index is 0.000000293. The van der Waals surface area contributed by atoms with Crippen molar-refractivity contribution in [3.05, 3.63) is 35.9 Å². The lowest BCUT2D eigenvalue weighted by molar-refractivity contribution is 0.263. The summed E-state index contributed by atoms with van der Waals surface area (Å²) in [6.07, 6.45) is 0. The first-order valence-corrected chi connectivity index (χ1v) is 6.90. The van der Waals surface area contributed by atoms with Crippen molar-refractivity contribution in [3.63, 3.8) is 0 Å². The Labute approximate surface area is 98.4 Å². The normalized spacial score (nSPS) is 15.5. The quantitative estimate of drug-likeness (QED) is 0.577. The summed E-state index contributed by atoms with van der Waals surface area (Å²) >= 11 is 5.36. The van der Waals surface area contributed by atoms with E-state index in [2.05, 4.69) is 4.31 Å². The standard InChI is InChI=1S/C7H7ClO.H4O5P2/c8-7(9)6-4-2-1-3-5-6;1-6(2)5-7(3)4/h1-5,7,9H;6-7H,(H,1,2)(H,3,4). The van der Waals surface area contributed by atoms with Crippen molar-refractivity contribution in [3.8, 4) is 0 Å². The Morgan fingerprint density at radius 1 is 1.12 bits per heavy atom. The lowest BCUT2D eigenvalue weighted by Crippen LogP contribution is -1.84. The third-order valence-electron chi connectivity index (χ3n) is 1.25. The van der Waals surface area contributed by atoms with Gasteiger partial charge in [0.2, 0.25) is 0 Å². The van der Waals surface area contributed by atoms with Crippen LogP contribution in [0.5, 0.6) is 0 Å². The third-order valence-corrected chi connectivity index (χ3v) is 2.90. The molecule has 1 rings (SSSR count). The van der Waals surface area contributed by atoms with Crippen LogP contribution in [0.1, 0.15) is 11.1 Å². The van der Waals surface area contributed by atoms with E-state index in [-0.39, 0.29) is 0 Å². The van der Waals surface area contributed by atoms with Crippen LogP contribution < -0.4 is 0 Å². The van der Waals surface area contributed by atoms with Crippen LogP contribution in [-0.4, -0.2) is 14.9 Å². The fourth-order valence-corrected chi connectivity index (χ4v) is 1.43. The molecule has 6 nitrogen and oxygen atoms in total. The average Bonchev–Trinajstić information content (AvgIpc) is 2.17. The van der Waals surface area contributed by atoms with E-state index in [9.17, 15) is 9.13 Å². The van der Waals surface area contributed by atoms with Gasteiger partial charge in [0.1, 0.15) is 0 Å². The Morgan fingerprint density at radius 2 is 1.56 bits per heavy atom. The third kappa shape index (κ3) is 9.07. The van der Waals surface area contributed by atoms with Crippen LogP contribution in [0.3, 0.4) is 0 Å². The molecule has 0 aromatic heterocycles. The van der Waals surface area contributed by atoms with Crippen molar-refractivity contribution in [2.45, 2.75) is 5.56 Å². The van der Waals surface area contributed by atoms with E-state index >= 15 is 0 Å². The molecule has 0 aliphatic heterocycles. The summed E-state index contributed by atoms with van der Waals surface area (Å²) in [5, 5.41) is 8.79. The van der Waals surface area contributed by atoms with Gasteiger partial charge in [-0.2, -0.15) is 0 Å². The fourth-order valence-electron chi connectivity index (χ4n) is 0.687. The molecule has 0 aliphatic rings. The summed E-state index contributed by atoms with van der Waals surface area (Å²) in [6, 6.07) is 9.10. The van der Waals surface area contributed by atoms with Gasteiger partial charge in [0, 0.05) is 0 Å². The maximum absolute atomic E-state index is 9.44. The summed E-state index contributed by atoms with van der Waals surface area (Å²) in [4.78, 5) is 15.4. The molecule has 1 aromatic rings. The molecule has 0 bridgehead atoms. The van der Waals surface area contributed by atoms with Gasteiger partial charge in [-0.1, -0.05) is 41.9 Å². The van der Waals surface area contributed by atoms with E-state index in [0.29, 0.717) is 0 Å². The van der Waals surface area contributed by atoms with Crippen molar-refractivity contribution in [1.29, 1.82) is 0 Å². The molecule has 0 fully saturated rings. The molecule has 0 aliphatic carbocycles. The van der Waals surface area contributed by atoms with Gasteiger partial charge < -0.3 is 14.9 Å². The predicted octanol–water partition coefficient (Wildman–Crippen LogP) is 1.68. The SMILES string of the molecule is O=[PH](O)O[PH](=O)O.OC(Cl)c1ccccc1. The Hall–Kier alpha value is -0.190. The van der Waals surface area contributed by atoms with Crippen molar-refractivity contribution in [1.82, 2.24) is 0 Å². The molecule has 0 radical (unpaired) electrons. The van der Waals surface area contributed by atoms with Crippen LogP contribution in [0.15, 0.2) is 30.3 Å². The second kappa shape index (κ2) is 8.90. The highest BCUT2D eigenvalue weighted by Crippen LogP contribution is 2.30. The van der Waals surface area contributed by atoms with Crippen LogP contribution in [0.2, 0.25) is 0 Å². The van der Waals surface area contributed by atoms with Crippen LogP contribution in [0.4, 0.5) is 0 Å². The number of hydrogen-bond donors (Lipinski definition) is 3. The van der Waals surface area contributed by atoms with Crippen LogP contribution in [0.25, 0.3) is 0 Å². The molecule has 0 saturated heterocycles. The highest BCUT2D eigenvalue weighted by Gasteiger charge is 1.97. The highest BCUT2D eigenvalue weighted by molar-refractivity contribution is 7.46. The van der Waals surface area contributed by atoms with Gasteiger partial charge >= 0.3 is 16.5 Å². The molecular weight excluding hydrogens is 277 g/mol. The van der Waals surface area contributed by atoms with Crippen LogP contribution in [0, 0.1) is 0 Å². The van der Waals surface area contributed by atoms with E-state index < -0.39 is 22.1 Å². The molecule has 1 aromatic carbocycles. The number of rotatable bonds is 3. The second-order valence-corrected chi connectivity index (χ2v) is 4.67. The summed E-state index contributed by atoms with van der Waals surface area (Å²) in [5.74, 6) is 0. The summed E-state index contributed by atoms with van der Waals surface area (Å²) in [5.41, 5.74) is -0.134. The topological polar surface area (TPSA) is 104 Å². The van der Waals surface area contributed by atoms with E-state index in [0.717, 1.165) is 5.56 Å². The molecule has 0 heterocycles. The zero-order valence-corrected chi connectivity index (χ0v) is 10.7. The van der Waals surface area contributed by atoms with Gasteiger partial charge in [-0.15, -0.1) is 0 Å². The number of alkyl halides is 1. The Morgan fingerprint density at radius 3 is 1.75 bits per heavy atom. The Kier molecular flexibility index (Phi) is 8.80. The smallest absolute Gasteiger partial charge is 0.323 e. The lowest BCUT2D eigenvalue weighted by Gasteiger charge is -1.98. The van der Waals surface area contributed by atoms with Gasteiger partial charge in [-0.05, 0) is 5.56 Å². The molecule has 0 amide bonds. The number of benzene rings is 1. The maximum Gasteiger partial charge on any atom is 0.323 e. The van der Waals surface area contributed by atoms with Crippen molar-refractivity contribution in [2.75, 3.05) is 0 Å².